The lowest BCUT2D eigenvalue weighted by atomic mass is 10.1. The predicted octanol–water partition coefficient (Wildman–Crippen LogP) is 3.01. The van der Waals surface area contributed by atoms with Gasteiger partial charge >= 0.3 is 0 Å². The van der Waals surface area contributed by atoms with E-state index in [2.05, 4.69) is 27.3 Å². The highest BCUT2D eigenvalue weighted by Crippen LogP contribution is 2.18. The molecule has 1 amide bonds. The van der Waals surface area contributed by atoms with Crippen molar-refractivity contribution in [3.05, 3.63) is 93.2 Å². The number of aromatic nitrogens is 2. The van der Waals surface area contributed by atoms with Crippen molar-refractivity contribution >= 4 is 18.1 Å². The summed E-state index contributed by atoms with van der Waals surface area (Å²) in [5.74, 6) is 1.01. The molecule has 0 saturated carbocycles. The Kier molecular flexibility index (Phi) is 7.32. The van der Waals surface area contributed by atoms with E-state index in [-0.39, 0.29) is 18.1 Å². The number of nitrogens with zero attached hydrogens (tertiary/aromatic N) is 2. The average Bonchev–Trinajstić information content (AvgIpc) is 2.83. The summed E-state index contributed by atoms with van der Waals surface area (Å²) < 4.78 is 5.47. The molecule has 0 spiro atoms. The molecular weight excluding hydrogens is 416 g/mol. The zero-order chi connectivity index (χ0) is 23.0. The predicted molar refractivity (Wildman–Crippen MR) is 129 cm³/mol. The summed E-state index contributed by atoms with van der Waals surface area (Å²) in [4.78, 5) is 34.0. The number of aromatic amines is 1. The monoisotopic (exact) mass is 444 g/mol. The van der Waals surface area contributed by atoms with E-state index in [0.717, 1.165) is 29.9 Å². The first-order valence-corrected chi connectivity index (χ1v) is 11.2. The Labute approximate surface area is 193 Å². The van der Waals surface area contributed by atoms with Crippen molar-refractivity contribution in [2.24, 2.45) is 0 Å². The molecule has 2 N–H and O–H groups in total. The minimum absolute atomic E-state index is 0.00933. The summed E-state index contributed by atoms with van der Waals surface area (Å²) in [5, 5.41) is 2.69. The Balaban J connectivity index is 1.41. The van der Waals surface area contributed by atoms with Crippen LogP contribution in [-0.4, -0.2) is 40.5 Å². The summed E-state index contributed by atoms with van der Waals surface area (Å²) in [6, 6.07) is 17.7. The summed E-state index contributed by atoms with van der Waals surface area (Å²) in [5.41, 5.74) is 3.75. The van der Waals surface area contributed by atoms with Gasteiger partial charge in [0.25, 0.3) is 11.5 Å². The topological polar surface area (TPSA) is 87.3 Å². The molecule has 0 unspecified atom stereocenters. The summed E-state index contributed by atoms with van der Waals surface area (Å²) in [6.07, 6.45) is 4.40. The number of carbonyl (C=O) groups is 1. The van der Waals surface area contributed by atoms with E-state index in [0.29, 0.717) is 31.1 Å². The maximum absolute atomic E-state index is 12.6. The first-order valence-electron chi connectivity index (χ1n) is 11.2. The number of hydrogen-bond donors (Lipinski definition) is 2. The number of H-pyrrole nitrogens is 1. The molecule has 2 aromatic carbocycles. The van der Waals surface area contributed by atoms with Gasteiger partial charge in [-0.3, -0.25) is 14.5 Å². The fourth-order valence-corrected chi connectivity index (χ4v) is 3.82. The molecule has 0 saturated heterocycles. The van der Waals surface area contributed by atoms with Gasteiger partial charge in [-0.15, -0.1) is 0 Å². The van der Waals surface area contributed by atoms with Crippen LogP contribution < -0.4 is 15.6 Å². The molecule has 1 aliphatic heterocycles. The highest BCUT2D eigenvalue weighted by atomic mass is 16.5. The minimum Gasteiger partial charge on any atom is -0.484 e. The van der Waals surface area contributed by atoms with Gasteiger partial charge in [0.1, 0.15) is 11.6 Å². The number of amides is 1. The van der Waals surface area contributed by atoms with Crippen molar-refractivity contribution in [3.63, 3.8) is 0 Å². The zero-order valence-electron chi connectivity index (χ0n) is 18.7. The number of ether oxygens (including phenoxy) is 1. The Morgan fingerprint density at radius 1 is 1.15 bits per heavy atom. The van der Waals surface area contributed by atoms with Crippen molar-refractivity contribution in [1.82, 2.24) is 20.2 Å². The summed E-state index contributed by atoms with van der Waals surface area (Å²) in [7, 11) is 0. The van der Waals surface area contributed by atoms with Gasteiger partial charge in [-0.2, -0.15) is 0 Å². The van der Waals surface area contributed by atoms with Gasteiger partial charge in [0.05, 0.1) is 5.69 Å². The quantitative estimate of drug-likeness (QED) is 0.558. The molecule has 0 fully saturated rings. The van der Waals surface area contributed by atoms with E-state index in [1.54, 1.807) is 0 Å². The molecule has 1 aliphatic rings. The molecule has 0 atom stereocenters. The Hall–Kier alpha value is -3.71. The van der Waals surface area contributed by atoms with Gasteiger partial charge in [0.2, 0.25) is 0 Å². The number of hydrogen-bond acceptors (Lipinski definition) is 5. The van der Waals surface area contributed by atoms with Gasteiger partial charge in [0.15, 0.2) is 6.61 Å². The molecule has 3 aromatic rings. The maximum Gasteiger partial charge on any atom is 0.257 e. The lowest BCUT2D eigenvalue weighted by molar-refractivity contribution is -0.122. The molecule has 1 aromatic heterocycles. The van der Waals surface area contributed by atoms with Crippen LogP contribution >= 0.6 is 0 Å². The van der Waals surface area contributed by atoms with E-state index in [4.69, 9.17) is 9.72 Å². The number of carbonyl (C=O) groups excluding carboxylic acids is 1. The van der Waals surface area contributed by atoms with E-state index in [9.17, 15) is 9.59 Å². The van der Waals surface area contributed by atoms with Gasteiger partial charge < -0.3 is 15.0 Å². The highest BCUT2D eigenvalue weighted by molar-refractivity contribution is 5.77. The molecule has 33 heavy (non-hydrogen) atoms. The first-order chi connectivity index (χ1) is 16.1. The second-order valence-electron chi connectivity index (χ2n) is 7.97. The Bertz CT molecular complexity index is 1170. The van der Waals surface area contributed by atoms with E-state index >= 15 is 0 Å². The standard InChI is InChI=1S/C26H28N4O3/c1-2-27-25(31)18-33-21-11-8-19(9-12-21)10-13-24-28-23-17-30(15-14-22(23)26(32)29-24)16-20-6-4-3-5-7-20/h3-13H,2,14-18H2,1H3,(H,27,31)(H,28,29,32)/b13-10+. The van der Waals surface area contributed by atoms with Crippen LogP contribution in [-0.2, 0) is 24.3 Å². The number of nitrogens with one attached hydrogen (secondary N) is 2. The van der Waals surface area contributed by atoms with Crippen LogP contribution in [0.25, 0.3) is 12.2 Å². The molecule has 0 bridgehead atoms. The first kappa shape index (κ1) is 22.5. The summed E-state index contributed by atoms with van der Waals surface area (Å²) >= 11 is 0. The highest BCUT2D eigenvalue weighted by Gasteiger charge is 2.20. The SMILES string of the molecule is CCNC(=O)COc1ccc(/C=C/c2nc3c(c(=O)[nH]2)CCN(Cc2ccccc2)C3)cc1. The smallest absolute Gasteiger partial charge is 0.257 e. The third kappa shape index (κ3) is 6.17. The number of rotatable bonds is 8. The Morgan fingerprint density at radius 2 is 1.94 bits per heavy atom. The van der Waals surface area contributed by atoms with Gasteiger partial charge in [-0.25, -0.2) is 4.98 Å². The van der Waals surface area contributed by atoms with Gasteiger partial charge in [-0.05, 0) is 42.7 Å². The van der Waals surface area contributed by atoms with Crippen LogP contribution in [0.5, 0.6) is 5.75 Å². The second-order valence-corrected chi connectivity index (χ2v) is 7.97. The van der Waals surface area contributed by atoms with Crippen molar-refractivity contribution in [2.45, 2.75) is 26.4 Å². The van der Waals surface area contributed by atoms with Crippen molar-refractivity contribution in [2.75, 3.05) is 19.7 Å². The molecule has 0 aliphatic carbocycles. The second kappa shape index (κ2) is 10.7. The molecule has 0 radical (unpaired) electrons. The van der Waals surface area contributed by atoms with Crippen molar-refractivity contribution in [3.8, 4) is 5.75 Å². The fraction of sp³-hybridized carbons (Fsp3) is 0.269. The largest absolute Gasteiger partial charge is 0.484 e. The van der Waals surface area contributed by atoms with E-state index in [1.165, 1.54) is 5.56 Å². The minimum atomic E-state index is -0.147. The van der Waals surface area contributed by atoms with Crippen LogP contribution in [0.1, 0.15) is 35.1 Å². The average molecular weight is 445 g/mol. The maximum atomic E-state index is 12.6. The van der Waals surface area contributed by atoms with Crippen LogP contribution in [0.15, 0.2) is 59.4 Å². The lowest BCUT2D eigenvalue weighted by Gasteiger charge is -2.27. The lowest BCUT2D eigenvalue weighted by Crippen LogP contribution is -2.35. The van der Waals surface area contributed by atoms with Crippen molar-refractivity contribution in [1.29, 1.82) is 0 Å². The van der Waals surface area contributed by atoms with Crippen LogP contribution in [0.2, 0.25) is 0 Å². The molecule has 170 valence electrons. The van der Waals surface area contributed by atoms with Gasteiger partial charge in [-0.1, -0.05) is 48.5 Å². The summed E-state index contributed by atoms with van der Waals surface area (Å²) in [6.45, 7) is 4.78. The van der Waals surface area contributed by atoms with Crippen molar-refractivity contribution < 1.29 is 9.53 Å². The molecule has 7 heteroatoms. The molecule has 2 heterocycles. The molecular formula is C26H28N4O3. The van der Waals surface area contributed by atoms with Crippen LogP contribution in [0.4, 0.5) is 0 Å². The van der Waals surface area contributed by atoms with E-state index < -0.39 is 0 Å². The third-order valence-corrected chi connectivity index (χ3v) is 5.48. The normalized spacial score (nSPS) is 13.6. The van der Waals surface area contributed by atoms with Crippen LogP contribution in [0, 0.1) is 0 Å². The number of fused-ring (bicyclic) bond motifs is 1. The Morgan fingerprint density at radius 3 is 2.70 bits per heavy atom. The zero-order valence-corrected chi connectivity index (χ0v) is 18.7. The van der Waals surface area contributed by atoms with E-state index in [1.807, 2.05) is 61.5 Å². The molecule has 7 nitrogen and oxygen atoms in total. The van der Waals surface area contributed by atoms with Gasteiger partial charge in [0, 0.05) is 31.7 Å². The fourth-order valence-electron chi connectivity index (χ4n) is 3.82. The number of benzene rings is 2. The number of likely N-dealkylation sites (N-methyl/N-ethyl adjacent to an activating group) is 1. The van der Waals surface area contributed by atoms with Crippen LogP contribution in [0.3, 0.4) is 0 Å². The third-order valence-electron chi connectivity index (χ3n) is 5.48. The molecule has 4 rings (SSSR count).